The Kier molecular flexibility index (Phi) is 4.88. The van der Waals surface area contributed by atoms with Crippen LogP contribution in [0.25, 0.3) is 21.5 Å². The molecule has 0 heterocycles. The van der Waals surface area contributed by atoms with E-state index in [4.69, 9.17) is 0 Å². The van der Waals surface area contributed by atoms with Crippen molar-refractivity contribution < 1.29 is 26.3 Å². The van der Waals surface area contributed by atoms with Crippen molar-refractivity contribution in [3.05, 3.63) is 84.9 Å². The molecule has 0 amide bonds. The number of rotatable bonds is 5. The van der Waals surface area contributed by atoms with Gasteiger partial charge in [-0.1, -0.05) is 60.7 Å². The second-order valence-electron chi connectivity index (χ2n) is 6.84. The van der Waals surface area contributed by atoms with Crippen molar-refractivity contribution in [2.24, 2.45) is 0 Å². The van der Waals surface area contributed by atoms with Crippen molar-refractivity contribution in [1.29, 1.82) is 0 Å². The van der Waals surface area contributed by atoms with Crippen molar-refractivity contribution in [1.82, 2.24) is 0 Å². The fraction of sp³-hybridized carbons (Fsp3) is 0.0909. The van der Waals surface area contributed by atoms with Gasteiger partial charge in [-0.3, -0.25) is 0 Å². The predicted octanol–water partition coefficient (Wildman–Crippen LogP) is 3.86. The molecule has 0 aliphatic heterocycles. The molecule has 1 N–H and O–H groups in total. The summed E-state index contributed by atoms with van der Waals surface area (Å²) in [5.41, 5.74) is 0. The zero-order valence-electron chi connectivity index (χ0n) is 15.6. The van der Waals surface area contributed by atoms with Gasteiger partial charge in [-0.25, -0.2) is 21.2 Å². The Labute approximate surface area is 173 Å². The van der Waals surface area contributed by atoms with Crippen LogP contribution in [-0.2, 0) is 19.7 Å². The van der Waals surface area contributed by atoms with Crippen LogP contribution in [0.1, 0.15) is 0 Å². The lowest BCUT2D eigenvalue weighted by atomic mass is 10.1. The molecule has 0 aliphatic rings. The zero-order chi connectivity index (χ0) is 21.6. The normalized spacial score (nSPS) is 13.0. The van der Waals surface area contributed by atoms with Gasteiger partial charge >= 0.3 is 4.33 Å². The Bertz CT molecular complexity index is 1370. The highest BCUT2D eigenvalue weighted by Gasteiger charge is 2.57. The molecule has 30 heavy (non-hydrogen) atoms. The lowest BCUT2D eigenvalue weighted by molar-refractivity contribution is 0.196. The fourth-order valence-electron chi connectivity index (χ4n) is 3.34. The molecule has 0 spiro atoms. The number of hydrogen-bond donors (Lipinski definition) is 1. The first-order valence-corrected chi connectivity index (χ1v) is 11.9. The lowest BCUT2D eigenvalue weighted by Crippen LogP contribution is -2.45. The van der Waals surface area contributed by atoms with Gasteiger partial charge in [0.25, 0.3) is 0 Å². The first-order chi connectivity index (χ1) is 14.2. The van der Waals surface area contributed by atoms with Crippen LogP contribution < -0.4 is 0 Å². The van der Waals surface area contributed by atoms with Crippen LogP contribution in [0.5, 0.6) is 0 Å². The smallest absolute Gasteiger partial charge is 0.340 e. The number of sulfone groups is 2. The number of aliphatic hydroxyl groups excluding tert-OH is 1. The summed E-state index contributed by atoms with van der Waals surface area (Å²) < 4.78 is 64.3. The summed E-state index contributed by atoms with van der Waals surface area (Å²) >= 11 is 0. The van der Waals surface area contributed by atoms with E-state index < -0.39 is 40.4 Å². The number of alkyl halides is 1. The third-order valence-corrected chi connectivity index (χ3v) is 9.98. The van der Waals surface area contributed by atoms with Gasteiger partial charge < -0.3 is 5.11 Å². The van der Waals surface area contributed by atoms with Crippen LogP contribution in [0.3, 0.4) is 0 Å². The number of halogens is 1. The highest BCUT2D eigenvalue weighted by atomic mass is 32.3. The number of hydrogen-bond acceptors (Lipinski definition) is 5. The molecule has 0 saturated heterocycles. The van der Waals surface area contributed by atoms with E-state index in [-0.39, 0.29) is 0 Å². The van der Waals surface area contributed by atoms with E-state index in [1.54, 1.807) is 48.5 Å². The van der Waals surface area contributed by atoms with Crippen molar-refractivity contribution in [3.8, 4) is 0 Å². The van der Waals surface area contributed by atoms with Gasteiger partial charge in [0.15, 0.2) is 0 Å². The van der Waals surface area contributed by atoms with E-state index >= 15 is 4.39 Å². The van der Waals surface area contributed by atoms with Crippen LogP contribution in [0.4, 0.5) is 4.39 Å². The Balaban J connectivity index is 1.89. The largest absolute Gasteiger partial charge is 0.391 e. The first-order valence-electron chi connectivity index (χ1n) is 8.97. The molecule has 0 unspecified atom stereocenters. The fourth-order valence-corrected chi connectivity index (χ4v) is 7.17. The molecule has 0 radical (unpaired) electrons. The minimum absolute atomic E-state index is 0.502. The van der Waals surface area contributed by atoms with Gasteiger partial charge in [0.1, 0.15) is 6.61 Å². The predicted molar refractivity (Wildman–Crippen MR) is 113 cm³/mol. The first kappa shape index (κ1) is 20.5. The third-order valence-electron chi connectivity index (χ3n) is 5.05. The molecule has 0 aromatic heterocycles. The van der Waals surface area contributed by atoms with Gasteiger partial charge in [-0.2, -0.15) is 0 Å². The molecule has 154 valence electrons. The number of aliphatic hydroxyl groups is 1. The van der Waals surface area contributed by atoms with E-state index in [0.29, 0.717) is 21.5 Å². The molecule has 5 nitrogen and oxygen atoms in total. The Hall–Kier alpha value is -2.81. The summed E-state index contributed by atoms with van der Waals surface area (Å²) in [4.78, 5) is -1.05. The van der Waals surface area contributed by atoms with Crippen molar-refractivity contribution in [2.45, 2.75) is 14.1 Å². The number of fused-ring (bicyclic) bond motifs is 2. The van der Waals surface area contributed by atoms with Crippen LogP contribution in [-0.4, -0.2) is 32.9 Å². The van der Waals surface area contributed by atoms with Crippen molar-refractivity contribution in [3.63, 3.8) is 0 Å². The molecule has 0 saturated carbocycles. The topological polar surface area (TPSA) is 88.5 Å². The van der Waals surface area contributed by atoms with E-state index in [1.165, 1.54) is 24.3 Å². The molecular weight excluding hydrogens is 427 g/mol. The Morgan fingerprint density at radius 2 is 1.00 bits per heavy atom. The van der Waals surface area contributed by atoms with Crippen LogP contribution in [0, 0.1) is 0 Å². The summed E-state index contributed by atoms with van der Waals surface area (Å²) in [6, 6.07) is 21.2. The summed E-state index contributed by atoms with van der Waals surface area (Å²) in [5, 5.41) is 12.1. The molecular formula is C22H17FO5S2. The molecule has 0 atom stereocenters. The summed E-state index contributed by atoms with van der Waals surface area (Å²) in [6.07, 6.45) is 0. The third kappa shape index (κ3) is 2.99. The molecule has 4 aromatic carbocycles. The maximum absolute atomic E-state index is 15.8. The van der Waals surface area contributed by atoms with Crippen LogP contribution in [0.15, 0.2) is 94.7 Å². The maximum atomic E-state index is 15.8. The second kappa shape index (κ2) is 7.16. The Morgan fingerprint density at radius 1 is 0.633 bits per heavy atom. The average molecular weight is 445 g/mol. The van der Waals surface area contributed by atoms with Gasteiger partial charge in [-0.15, -0.1) is 0 Å². The number of benzene rings is 4. The standard InChI is InChI=1S/C22H17FO5S2/c23-22(15-24,29(25,26)20-11-9-16-5-1-3-7-18(16)13-20)30(27,28)21-12-10-17-6-2-4-8-19(17)14-21/h1-14,24H,15H2. The van der Waals surface area contributed by atoms with Crippen LogP contribution in [0.2, 0.25) is 0 Å². The molecule has 0 bridgehead atoms. The van der Waals surface area contributed by atoms with E-state index in [2.05, 4.69) is 0 Å². The molecule has 4 aromatic rings. The van der Waals surface area contributed by atoms with Gasteiger partial charge in [-0.05, 0) is 45.8 Å². The zero-order valence-corrected chi connectivity index (χ0v) is 17.2. The van der Waals surface area contributed by atoms with Gasteiger partial charge in [0.2, 0.25) is 19.7 Å². The molecule has 4 rings (SSSR count). The minimum Gasteiger partial charge on any atom is -0.391 e. The highest BCUT2D eigenvalue weighted by Crippen LogP contribution is 2.38. The van der Waals surface area contributed by atoms with E-state index in [9.17, 15) is 21.9 Å². The molecule has 8 heteroatoms. The van der Waals surface area contributed by atoms with Gasteiger partial charge in [0, 0.05) is 0 Å². The summed E-state index contributed by atoms with van der Waals surface area (Å²) in [6.45, 7) is -1.74. The SMILES string of the molecule is O=S(=O)(c1ccc2ccccc2c1)C(F)(CO)S(=O)(=O)c1ccc2ccccc2c1. The van der Waals surface area contributed by atoms with Crippen molar-refractivity contribution in [2.75, 3.05) is 6.61 Å². The van der Waals surface area contributed by atoms with E-state index in [0.717, 1.165) is 12.1 Å². The molecule has 0 fully saturated rings. The minimum atomic E-state index is -5.11. The highest BCUT2D eigenvalue weighted by molar-refractivity contribution is 8.10. The van der Waals surface area contributed by atoms with E-state index in [1.807, 2.05) is 0 Å². The quantitative estimate of drug-likeness (QED) is 0.505. The van der Waals surface area contributed by atoms with Crippen molar-refractivity contribution >= 4 is 41.2 Å². The average Bonchev–Trinajstić information content (AvgIpc) is 2.77. The summed E-state index contributed by atoms with van der Waals surface area (Å²) in [5.74, 6) is 0. The van der Waals surface area contributed by atoms with Crippen LogP contribution >= 0.6 is 0 Å². The maximum Gasteiger partial charge on any atom is 0.340 e. The molecule has 0 aliphatic carbocycles. The summed E-state index contributed by atoms with van der Waals surface area (Å²) in [7, 11) is -10.2. The Morgan fingerprint density at radius 3 is 1.37 bits per heavy atom. The van der Waals surface area contributed by atoms with Gasteiger partial charge in [0.05, 0.1) is 9.79 Å². The second-order valence-corrected chi connectivity index (χ2v) is 11.4. The lowest BCUT2D eigenvalue weighted by Gasteiger charge is -2.23. The monoisotopic (exact) mass is 444 g/mol.